The molecule has 0 saturated carbocycles. The monoisotopic (exact) mass is 280 g/mol. The first-order chi connectivity index (χ1) is 9.70. The van der Waals surface area contributed by atoms with Crippen LogP contribution in [-0.2, 0) is 0 Å². The van der Waals surface area contributed by atoms with Gasteiger partial charge in [-0.05, 0) is 51.4 Å². The second-order valence-electron chi connectivity index (χ2n) is 6.04. The van der Waals surface area contributed by atoms with Crippen molar-refractivity contribution in [1.82, 2.24) is 0 Å². The maximum atomic E-state index is 7.88. The molecule has 2 N–H and O–H groups in total. The average molecular weight is 280 g/mol. The van der Waals surface area contributed by atoms with Crippen molar-refractivity contribution in [3.8, 4) is 0 Å². The summed E-state index contributed by atoms with van der Waals surface area (Å²) in [6.07, 6.45) is 16.3. The number of rotatable bonds is 15. The first-order valence-corrected chi connectivity index (χ1v) is 8.83. The lowest BCUT2D eigenvalue weighted by atomic mass is 10.0. The highest BCUT2D eigenvalue weighted by molar-refractivity contribution is 5.81. The molecule has 0 spiro atoms. The second-order valence-corrected chi connectivity index (χ2v) is 6.04. The van der Waals surface area contributed by atoms with Crippen LogP contribution in [0.5, 0.6) is 0 Å². The topological polar surface area (TPSA) is 47.7 Å². The van der Waals surface area contributed by atoms with Crippen LogP contribution in [0.15, 0.2) is 0 Å². The summed E-state index contributed by atoms with van der Waals surface area (Å²) < 4.78 is 0. The second kappa shape index (κ2) is 14.7. The fraction of sp³-hybridized carbons (Fsp3) is 0.889. The lowest BCUT2D eigenvalue weighted by Gasteiger charge is -2.05. The molecule has 118 valence electrons. The molecule has 0 aromatic heterocycles. The van der Waals surface area contributed by atoms with E-state index in [2.05, 4.69) is 13.8 Å². The Labute approximate surface area is 126 Å². The van der Waals surface area contributed by atoms with Crippen LogP contribution >= 0.6 is 0 Å². The first-order valence-electron chi connectivity index (χ1n) is 8.83. The van der Waals surface area contributed by atoms with Crippen molar-refractivity contribution in [2.75, 3.05) is 0 Å². The van der Waals surface area contributed by atoms with Crippen LogP contribution in [-0.4, -0.2) is 11.4 Å². The van der Waals surface area contributed by atoms with Gasteiger partial charge < -0.3 is 10.8 Å². The zero-order chi connectivity index (χ0) is 15.1. The fourth-order valence-electron chi connectivity index (χ4n) is 2.46. The summed E-state index contributed by atoms with van der Waals surface area (Å²) in [6, 6.07) is 0. The molecule has 0 amide bonds. The molecule has 0 aromatic carbocycles. The van der Waals surface area contributed by atoms with Gasteiger partial charge in [0.2, 0.25) is 0 Å². The smallest absolute Gasteiger partial charge is 0.00891 e. The molecule has 0 saturated heterocycles. The van der Waals surface area contributed by atoms with Gasteiger partial charge in [-0.15, -0.1) is 0 Å². The zero-order valence-corrected chi connectivity index (χ0v) is 13.9. The lowest BCUT2D eigenvalue weighted by molar-refractivity contribution is 0.651. The largest absolute Gasteiger partial charge is 0.310 e. The van der Waals surface area contributed by atoms with E-state index in [1.165, 1.54) is 64.2 Å². The highest BCUT2D eigenvalue weighted by atomic mass is 14.4. The molecule has 0 bridgehead atoms. The Hall–Kier alpha value is -0.660. The summed E-state index contributed by atoms with van der Waals surface area (Å²) >= 11 is 0. The molecule has 0 atom stereocenters. The van der Waals surface area contributed by atoms with E-state index in [9.17, 15) is 0 Å². The highest BCUT2D eigenvalue weighted by Crippen LogP contribution is 2.11. The quantitative estimate of drug-likeness (QED) is 0.253. The van der Waals surface area contributed by atoms with Crippen molar-refractivity contribution in [1.29, 1.82) is 10.8 Å². The molecule has 0 aliphatic rings. The van der Waals surface area contributed by atoms with Crippen LogP contribution in [0.25, 0.3) is 0 Å². The molecule has 0 heterocycles. The fourth-order valence-corrected chi connectivity index (χ4v) is 2.46. The third-order valence-electron chi connectivity index (χ3n) is 3.87. The van der Waals surface area contributed by atoms with Crippen LogP contribution in [0.3, 0.4) is 0 Å². The summed E-state index contributed by atoms with van der Waals surface area (Å²) in [5, 5.41) is 15.8. The van der Waals surface area contributed by atoms with Gasteiger partial charge in [0.05, 0.1) is 0 Å². The van der Waals surface area contributed by atoms with Crippen molar-refractivity contribution in [2.24, 2.45) is 0 Å². The van der Waals surface area contributed by atoms with Gasteiger partial charge in [-0.3, -0.25) is 0 Å². The molecule has 2 heteroatoms. The molecule has 0 fully saturated rings. The van der Waals surface area contributed by atoms with Crippen molar-refractivity contribution in [3.63, 3.8) is 0 Å². The van der Waals surface area contributed by atoms with E-state index in [1.807, 2.05) is 0 Å². The van der Waals surface area contributed by atoms with Crippen molar-refractivity contribution < 1.29 is 0 Å². The Morgan fingerprint density at radius 1 is 0.500 bits per heavy atom. The van der Waals surface area contributed by atoms with Gasteiger partial charge in [0.15, 0.2) is 0 Å². The Morgan fingerprint density at radius 3 is 1.10 bits per heavy atom. The molecule has 0 aliphatic heterocycles. The predicted octanol–water partition coefficient (Wildman–Crippen LogP) is 6.53. The van der Waals surface area contributed by atoms with E-state index in [4.69, 9.17) is 10.8 Å². The number of unbranched alkanes of at least 4 members (excludes halogenated alkanes) is 7. The summed E-state index contributed by atoms with van der Waals surface area (Å²) in [6.45, 7) is 4.42. The Balaban J connectivity index is 3.27. The van der Waals surface area contributed by atoms with Gasteiger partial charge >= 0.3 is 0 Å². The van der Waals surface area contributed by atoms with Crippen LogP contribution in [0.1, 0.15) is 104 Å². The third-order valence-corrected chi connectivity index (χ3v) is 3.87. The average Bonchev–Trinajstić information content (AvgIpc) is 2.43. The van der Waals surface area contributed by atoms with E-state index < -0.39 is 0 Å². The summed E-state index contributed by atoms with van der Waals surface area (Å²) in [5.41, 5.74) is 1.90. The van der Waals surface area contributed by atoms with Crippen LogP contribution in [0.4, 0.5) is 0 Å². The van der Waals surface area contributed by atoms with Gasteiger partial charge in [-0.1, -0.05) is 52.4 Å². The molecular weight excluding hydrogens is 244 g/mol. The summed E-state index contributed by atoms with van der Waals surface area (Å²) in [4.78, 5) is 0. The van der Waals surface area contributed by atoms with E-state index in [-0.39, 0.29) is 0 Å². The molecule has 0 unspecified atom stereocenters. The first kappa shape index (κ1) is 19.3. The minimum Gasteiger partial charge on any atom is -0.310 e. The van der Waals surface area contributed by atoms with Gasteiger partial charge in [0, 0.05) is 11.4 Å². The molecule has 2 nitrogen and oxygen atoms in total. The van der Waals surface area contributed by atoms with E-state index in [1.54, 1.807) is 0 Å². The predicted molar refractivity (Wildman–Crippen MR) is 91.4 cm³/mol. The number of hydrogen-bond acceptors (Lipinski definition) is 2. The van der Waals surface area contributed by atoms with Crippen molar-refractivity contribution in [3.05, 3.63) is 0 Å². The minimum absolute atomic E-state index is 0.950. The SMILES string of the molecule is CCCCCC(=N)CCCCCCC(=N)CCCCC. The number of hydrogen-bond donors (Lipinski definition) is 2. The van der Waals surface area contributed by atoms with Crippen LogP contribution < -0.4 is 0 Å². The Bertz CT molecular complexity index is 220. The molecule has 20 heavy (non-hydrogen) atoms. The van der Waals surface area contributed by atoms with Crippen molar-refractivity contribution in [2.45, 2.75) is 104 Å². The molecule has 0 aromatic rings. The van der Waals surface area contributed by atoms with Gasteiger partial charge in [-0.25, -0.2) is 0 Å². The van der Waals surface area contributed by atoms with Crippen LogP contribution in [0, 0.1) is 10.8 Å². The van der Waals surface area contributed by atoms with E-state index >= 15 is 0 Å². The van der Waals surface area contributed by atoms with Crippen LogP contribution in [0.2, 0.25) is 0 Å². The van der Waals surface area contributed by atoms with E-state index in [0.717, 1.165) is 37.1 Å². The minimum atomic E-state index is 0.950. The standard InChI is InChI=1S/C18H36N2/c1-3-5-9-13-17(19)15-11-7-8-12-16-18(20)14-10-6-4-2/h19-20H,3-16H2,1-2H3. The molecule has 0 radical (unpaired) electrons. The van der Waals surface area contributed by atoms with Gasteiger partial charge in [-0.2, -0.15) is 0 Å². The normalized spacial score (nSPS) is 10.7. The Kier molecular flexibility index (Phi) is 14.3. The zero-order valence-electron chi connectivity index (χ0n) is 13.9. The third kappa shape index (κ3) is 13.8. The summed E-state index contributed by atoms with van der Waals surface area (Å²) in [7, 11) is 0. The maximum absolute atomic E-state index is 7.88. The summed E-state index contributed by atoms with van der Waals surface area (Å²) in [5.74, 6) is 0. The van der Waals surface area contributed by atoms with E-state index in [0.29, 0.717) is 0 Å². The molecular formula is C18H36N2. The van der Waals surface area contributed by atoms with Gasteiger partial charge in [0.1, 0.15) is 0 Å². The number of nitrogens with one attached hydrogen (secondary N) is 2. The Morgan fingerprint density at radius 2 is 0.800 bits per heavy atom. The molecule has 0 aliphatic carbocycles. The molecule has 0 rings (SSSR count). The van der Waals surface area contributed by atoms with Gasteiger partial charge in [0.25, 0.3) is 0 Å². The lowest BCUT2D eigenvalue weighted by Crippen LogP contribution is -1.98. The highest BCUT2D eigenvalue weighted by Gasteiger charge is 2.00. The maximum Gasteiger partial charge on any atom is 0.00891 e. The van der Waals surface area contributed by atoms with Crippen molar-refractivity contribution >= 4 is 11.4 Å².